The Labute approximate surface area is 124 Å². The molecule has 5 heteroatoms. The van der Waals surface area contributed by atoms with Gasteiger partial charge in [-0.05, 0) is 25.0 Å². The molecule has 1 aliphatic carbocycles. The molecule has 2 N–H and O–H groups in total. The number of nitriles is 1. The van der Waals surface area contributed by atoms with Crippen LogP contribution in [0.4, 0.5) is 5.82 Å². The van der Waals surface area contributed by atoms with Crippen LogP contribution in [0.3, 0.4) is 0 Å². The van der Waals surface area contributed by atoms with E-state index in [1.54, 1.807) is 6.20 Å². The van der Waals surface area contributed by atoms with Crippen LogP contribution in [0.5, 0.6) is 0 Å². The number of aromatic nitrogens is 2. The molecule has 5 nitrogen and oxygen atoms in total. The summed E-state index contributed by atoms with van der Waals surface area (Å²) in [6.45, 7) is 0. The zero-order valence-corrected chi connectivity index (χ0v) is 11.7. The molecular weight excluding hydrogens is 262 g/mol. The molecule has 21 heavy (non-hydrogen) atoms. The van der Waals surface area contributed by atoms with Crippen molar-refractivity contribution in [1.82, 2.24) is 15.3 Å². The highest BCUT2D eigenvalue weighted by molar-refractivity contribution is 5.80. The van der Waals surface area contributed by atoms with Crippen molar-refractivity contribution in [1.29, 1.82) is 5.26 Å². The number of dihydropyridines is 1. The summed E-state index contributed by atoms with van der Waals surface area (Å²) in [7, 11) is 0. The summed E-state index contributed by atoms with van der Waals surface area (Å²) in [4.78, 5) is 8.49. The van der Waals surface area contributed by atoms with Gasteiger partial charge in [0.25, 0.3) is 0 Å². The molecule has 0 radical (unpaired) electrons. The lowest BCUT2D eigenvalue weighted by Crippen LogP contribution is -2.16. The largest absolute Gasteiger partial charge is 0.367 e. The van der Waals surface area contributed by atoms with E-state index in [1.807, 2.05) is 24.3 Å². The van der Waals surface area contributed by atoms with Gasteiger partial charge in [0.15, 0.2) is 0 Å². The lowest BCUT2D eigenvalue weighted by Gasteiger charge is -2.13. The second-order valence-corrected chi connectivity index (χ2v) is 5.18. The summed E-state index contributed by atoms with van der Waals surface area (Å²) in [5, 5.41) is 15.9. The van der Waals surface area contributed by atoms with Crippen LogP contribution in [0, 0.1) is 11.3 Å². The first-order valence-corrected chi connectivity index (χ1v) is 7.20. The number of nitrogens with one attached hydrogen (secondary N) is 2. The van der Waals surface area contributed by atoms with Crippen molar-refractivity contribution >= 4 is 11.4 Å². The minimum absolute atomic E-state index is 0.488. The van der Waals surface area contributed by atoms with Crippen molar-refractivity contribution in [2.24, 2.45) is 0 Å². The van der Waals surface area contributed by atoms with Crippen molar-refractivity contribution in [3.05, 3.63) is 48.2 Å². The van der Waals surface area contributed by atoms with Crippen LogP contribution >= 0.6 is 0 Å². The summed E-state index contributed by atoms with van der Waals surface area (Å²) in [5.74, 6) is 0.788. The molecule has 0 spiro atoms. The highest BCUT2D eigenvalue weighted by atomic mass is 15.0. The summed E-state index contributed by atoms with van der Waals surface area (Å²) in [5.41, 5.74) is 1.91. The van der Waals surface area contributed by atoms with Crippen LogP contribution in [-0.4, -0.2) is 16.0 Å². The quantitative estimate of drug-likeness (QED) is 0.832. The Bertz CT molecular complexity index is 645. The number of hydrogen-bond donors (Lipinski definition) is 2. The van der Waals surface area contributed by atoms with Crippen LogP contribution in [0.25, 0.3) is 5.57 Å². The van der Waals surface area contributed by atoms with E-state index < -0.39 is 0 Å². The number of rotatable bonds is 3. The fourth-order valence-electron chi connectivity index (χ4n) is 2.66. The van der Waals surface area contributed by atoms with Crippen molar-refractivity contribution in [2.75, 3.05) is 5.32 Å². The number of nitrogens with zero attached hydrogens (tertiary/aromatic N) is 3. The molecule has 106 valence electrons. The molecule has 0 saturated heterocycles. The smallest absolute Gasteiger partial charge is 0.130 e. The van der Waals surface area contributed by atoms with Gasteiger partial charge in [0.05, 0.1) is 11.4 Å². The monoisotopic (exact) mass is 279 g/mol. The second kappa shape index (κ2) is 6.23. The summed E-state index contributed by atoms with van der Waals surface area (Å²) >= 11 is 0. The maximum Gasteiger partial charge on any atom is 0.130 e. The third-order valence-corrected chi connectivity index (χ3v) is 3.72. The predicted molar refractivity (Wildman–Crippen MR) is 81.9 cm³/mol. The van der Waals surface area contributed by atoms with E-state index in [1.165, 1.54) is 32.0 Å². The zero-order valence-electron chi connectivity index (χ0n) is 11.7. The minimum atomic E-state index is 0.488. The molecule has 2 aliphatic rings. The van der Waals surface area contributed by atoms with Gasteiger partial charge in [0.1, 0.15) is 23.8 Å². The predicted octanol–water partition coefficient (Wildman–Crippen LogP) is 2.74. The molecule has 0 aromatic carbocycles. The Morgan fingerprint density at radius 3 is 2.86 bits per heavy atom. The van der Waals surface area contributed by atoms with Crippen molar-refractivity contribution in [3.63, 3.8) is 0 Å². The Morgan fingerprint density at radius 1 is 1.29 bits per heavy atom. The molecule has 1 aliphatic heterocycles. The van der Waals surface area contributed by atoms with Gasteiger partial charge < -0.3 is 10.6 Å². The first-order valence-electron chi connectivity index (χ1n) is 7.20. The van der Waals surface area contributed by atoms with E-state index in [-0.39, 0.29) is 0 Å². The summed E-state index contributed by atoms with van der Waals surface area (Å²) in [6, 6.07) is 4.56. The molecule has 1 fully saturated rings. The van der Waals surface area contributed by atoms with E-state index in [2.05, 4.69) is 26.7 Å². The van der Waals surface area contributed by atoms with Gasteiger partial charge in [0.2, 0.25) is 0 Å². The normalized spacial score (nSPS) is 20.0. The Balaban J connectivity index is 1.86. The maximum atomic E-state index is 9.42. The van der Waals surface area contributed by atoms with Crippen LogP contribution in [0.1, 0.15) is 31.4 Å². The van der Waals surface area contributed by atoms with E-state index in [0.717, 1.165) is 11.5 Å². The van der Waals surface area contributed by atoms with Crippen LogP contribution in [0.15, 0.2) is 42.5 Å². The molecule has 3 rings (SSSR count). The average molecular weight is 279 g/mol. The fraction of sp³-hybridized carbons (Fsp3) is 0.312. The number of anilines is 1. The van der Waals surface area contributed by atoms with Gasteiger partial charge in [-0.2, -0.15) is 5.26 Å². The van der Waals surface area contributed by atoms with Crippen molar-refractivity contribution < 1.29 is 0 Å². The Morgan fingerprint density at radius 2 is 2.14 bits per heavy atom. The first kappa shape index (κ1) is 13.4. The second-order valence-electron chi connectivity index (χ2n) is 5.18. The lowest BCUT2D eigenvalue weighted by atomic mass is 10.1. The molecule has 0 unspecified atom stereocenters. The van der Waals surface area contributed by atoms with Gasteiger partial charge >= 0.3 is 0 Å². The van der Waals surface area contributed by atoms with Crippen LogP contribution in [-0.2, 0) is 0 Å². The molecule has 0 bridgehead atoms. The molecule has 0 atom stereocenters. The van der Waals surface area contributed by atoms with Gasteiger partial charge in [-0.3, -0.25) is 0 Å². The highest BCUT2D eigenvalue weighted by Crippen LogP contribution is 2.23. The lowest BCUT2D eigenvalue weighted by molar-refractivity contribution is 0.749. The van der Waals surface area contributed by atoms with Crippen molar-refractivity contribution in [3.8, 4) is 6.07 Å². The third-order valence-electron chi connectivity index (χ3n) is 3.72. The van der Waals surface area contributed by atoms with E-state index in [4.69, 9.17) is 0 Å². The molecule has 1 saturated carbocycles. The van der Waals surface area contributed by atoms with Crippen LogP contribution in [0.2, 0.25) is 0 Å². The molecule has 2 heterocycles. The highest BCUT2D eigenvalue weighted by Gasteiger charge is 2.16. The van der Waals surface area contributed by atoms with Gasteiger partial charge in [0, 0.05) is 18.3 Å². The van der Waals surface area contributed by atoms with E-state index in [9.17, 15) is 5.26 Å². The summed E-state index contributed by atoms with van der Waals surface area (Å²) in [6.07, 6.45) is 13.8. The molecule has 1 aromatic rings. The minimum Gasteiger partial charge on any atom is -0.367 e. The van der Waals surface area contributed by atoms with Crippen molar-refractivity contribution in [2.45, 2.75) is 31.7 Å². The standard InChI is InChI=1S/C16H17N5/c17-10-13(14-7-3-4-8-18-14)15-9-16(20-11-19-15)21-12-5-1-2-6-12/h3-4,7-9,11-12,18H,1-2,5-6H2,(H,19,20,21)/b14-13-. The average Bonchev–Trinajstić information content (AvgIpc) is 3.02. The van der Waals surface area contributed by atoms with Gasteiger partial charge in [-0.1, -0.05) is 18.9 Å². The Kier molecular flexibility index (Phi) is 3.97. The number of allylic oxidation sites excluding steroid dienone is 4. The topological polar surface area (TPSA) is 73.6 Å². The molecule has 1 aromatic heterocycles. The molecular formula is C16H17N5. The number of hydrogen-bond acceptors (Lipinski definition) is 5. The summed E-state index contributed by atoms with van der Waals surface area (Å²) < 4.78 is 0. The van der Waals surface area contributed by atoms with Crippen LogP contribution < -0.4 is 10.6 Å². The first-order chi connectivity index (χ1) is 10.4. The fourth-order valence-corrected chi connectivity index (χ4v) is 2.66. The molecule has 0 amide bonds. The Hall–Kier alpha value is -2.61. The van der Waals surface area contributed by atoms with E-state index in [0.29, 0.717) is 17.3 Å². The van der Waals surface area contributed by atoms with Gasteiger partial charge in [-0.15, -0.1) is 0 Å². The third kappa shape index (κ3) is 3.11. The SMILES string of the molecule is N#C/C(=C1\C=CC=CN1)c1cc(NC2CCCC2)ncn1. The van der Waals surface area contributed by atoms with Gasteiger partial charge in [-0.25, -0.2) is 9.97 Å². The maximum absolute atomic E-state index is 9.42. The zero-order chi connectivity index (χ0) is 14.5. The van der Waals surface area contributed by atoms with E-state index >= 15 is 0 Å².